The van der Waals surface area contributed by atoms with Gasteiger partial charge >= 0.3 is 5.63 Å². The molecule has 2 aliphatic heterocycles. The molecule has 5 rings (SSSR count). The quantitative estimate of drug-likeness (QED) is 0.671. The van der Waals surface area contributed by atoms with Crippen LogP contribution in [0.25, 0.3) is 11.0 Å². The molecular formula is C19H13NO5. The summed E-state index contributed by atoms with van der Waals surface area (Å²) in [4.78, 5) is 17.8. The Morgan fingerprint density at radius 1 is 1.00 bits per heavy atom. The Bertz CT molecular complexity index is 1070. The van der Waals surface area contributed by atoms with Crippen LogP contribution in [-0.4, -0.2) is 12.5 Å². The van der Waals surface area contributed by atoms with E-state index in [9.17, 15) is 4.79 Å². The lowest BCUT2D eigenvalue weighted by atomic mass is 10.0. The number of nitrogens with zero attached hydrogens (tertiary/aromatic N) is 1. The Hall–Kier alpha value is -3.28. The van der Waals surface area contributed by atoms with Gasteiger partial charge in [-0.25, -0.2) is 4.79 Å². The second kappa shape index (κ2) is 5.37. The van der Waals surface area contributed by atoms with Gasteiger partial charge in [-0.15, -0.1) is 0 Å². The number of ether oxygens (including phenoxy) is 2. The molecule has 0 fully saturated rings. The predicted octanol–water partition coefficient (Wildman–Crippen LogP) is 3.39. The number of oxime groups is 1. The molecule has 1 aromatic heterocycles. The Balaban J connectivity index is 1.45. The van der Waals surface area contributed by atoms with Crippen LogP contribution in [-0.2, 0) is 4.84 Å². The normalized spacial score (nSPS) is 18.2. The van der Waals surface area contributed by atoms with Crippen molar-refractivity contribution in [3.05, 3.63) is 70.1 Å². The highest BCUT2D eigenvalue weighted by Gasteiger charge is 2.27. The first-order valence-electron chi connectivity index (χ1n) is 7.93. The van der Waals surface area contributed by atoms with E-state index in [4.69, 9.17) is 18.7 Å². The van der Waals surface area contributed by atoms with Crippen LogP contribution >= 0.6 is 0 Å². The smallest absolute Gasteiger partial charge is 0.345 e. The van der Waals surface area contributed by atoms with Gasteiger partial charge in [0.2, 0.25) is 6.79 Å². The van der Waals surface area contributed by atoms with Crippen LogP contribution in [0.1, 0.15) is 23.7 Å². The molecule has 0 amide bonds. The minimum absolute atomic E-state index is 0.226. The third-order valence-corrected chi connectivity index (χ3v) is 4.39. The molecule has 0 unspecified atom stereocenters. The van der Waals surface area contributed by atoms with Crippen molar-refractivity contribution in [3.8, 4) is 11.5 Å². The maximum Gasteiger partial charge on any atom is 0.345 e. The summed E-state index contributed by atoms with van der Waals surface area (Å²) in [6.07, 6.45) is 0.221. The van der Waals surface area contributed by atoms with Crippen LogP contribution in [0.4, 0.5) is 0 Å². The van der Waals surface area contributed by atoms with Gasteiger partial charge in [0.25, 0.3) is 0 Å². The van der Waals surface area contributed by atoms with Gasteiger partial charge in [-0.1, -0.05) is 29.4 Å². The van der Waals surface area contributed by atoms with E-state index in [2.05, 4.69) is 5.16 Å². The number of rotatable bonds is 2. The average molecular weight is 335 g/mol. The number of hydrogen-bond acceptors (Lipinski definition) is 6. The lowest BCUT2D eigenvalue weighted by molar-refractivity contribution is 0.0855. The first-order chi connectivity index (χ1) is 12.3. The van der Waals surface area contributed by atoms with Gasteiger partial charge in [0.1, 0.15) is 5.58 Å². The summed E-state index contributed by atoms with van der Waals surface area (Å²) in [5, 5.41) is 4.96. The second-order valence-electron chi connectivity index (χ2n) is 5.93. The molecule has 0 aliphatic carbocycles. The number of benzene rings is 2. The minimum atomic E-state index is -0.410. The van der Waals surface area contributed by atoms with Crippen molar-refractivity contribution in [2.45, 2.75) is 12.5 Å². The Kier molecular flexibility index (Phi) is 3.03. The Labute approximate surface area is 142 Å². The van der Waals surface area contributed by atoms with Crippen molar-refractivity contribution < 1.29 is 18.7 Å². The van der Waals surface area contributed by atoms with E-state index in [0.717, 1.165) is 16.7 Å². The highest BCUT2D eigenvalue weighted by Crippen LogP contribution is 2.37. The summed E-state index contributed by atoms with van der Waals surface area (Å²) in [5.74, 6) is 1.41. The molecule has 0 bridgehead atoms. The topological polar surface area (TPSA) is 70.3 Å². The third kappa shape index (κ3) is 2.34. The molecule has 2 aliphatic rings. The van der Waals surface area contributed by atoms with Crippen molar-refractivity contribution >= 4 is 16.7 Å². The van der Waals surface area contributed by atoms with Gasteiger partial charge in [0, 0.05) is 11.8 Å². The fourth-order valence-corrected chi connectivity index (χ4v) is 3.09. The van der Waals surface area contributed by atoms with E-state index in [1.807, 2.05) is 36.4 Å². The van der Waals surface area contributed by atoms with Gasteiger partial charge in [0.15, 0.2) is 17.6 Å². The van der Waals surface area contributed by atoms with Crippen molar-refractivity contribution in [1.29, 1.82) is 0 Å². The van der Waals surface area contributed by atoms with Gasteiger partial charge in [-0.3, -0.25) is 0 Å². The summed E-state index contributed by atoms with van der Waals surface area (Å²) in [6, 6.07) is 14.8. The molecule has 0 saturated heterocycles. The first kappa shape index (κ1) is 14.1. The van der Waals surface area contributed by atoms with Gasteiger partial charge in [0.05, 0.1) is 11.3 Å². The van der Waals surface area contributed by atoms with Crippen molar-refractivity contribution in [2.75, 3.05) is 6.79 Å². The zero-order chi connectivity index (χ0) is 16.8. The van der Waals surface area contributed by atoms with Crippen molar-refractivity contribution in [2.24, 2.45) is 5.16 Å². The number of hydrogen-bond donors (Lipinski definition) is 0. The van der Waals surface area contributed by atoms with E-state index in [1.54, 1.807) is 12.1 Å². The molecule has 0 radical (unpaired) electrons. The van der Waals surface area contributed by atoms with Crippen molar-refractivity contribution in [3.63, 3.8) is 0 Å². The highest BCUT2D eigenvalue weighted by molar-refractivity contribution is 6.02. The fraction of sp³-hybridized carbons (Fsp3) is 0.158. The molecule has 1 atom stereocenters. The summed E-state index contributed by atoms with van der Waals surface area (Å²) in [5.41, 5.74) is 2.09. The zero-order valence-corrected chi connectivity index (χ0v) is 13.1. The second-order valence-corrected chi connectivity index (χ2v) is 5.93. The largest absolute Gasteiger partial charge is 0.454 e. The molecule has 0 saturated carbocycles. The van der Waals surface area contributed by atoms with Crippen LogP contribution in [0.2, 0.25) is 0 Å². The maximum atomic E-state index is 12.3. The first-order valence-corrected chi connectivity index (χ1v) is 7.93. The average Bonchev–Trinajstić information content (AvgIpc) is 3.29. The van der Waals surface area contributed by atoms with Crippen LogP contribution in [0.3, 0.4) is 0 Å². The summed E-state index contributed by atoms with van der Waals surface area (Å²) < 4.78 is 16.1. The molecule has 124 valence electrons. The number of fused-ring (bicyclic) bond motifs is 2. The van der Waals surface area contributed by atoms with E-state index in [-0.39, 0.29) is 12.9 Å². The fourth-order valence-electron chi connectivity index (χ4n) is 3.09. The molecule has 3 heterocycles. The Morgan fingerprint density at radius 2 is 1.88 bits per heavy atom. The van der Waals surface area contributed by atoms with E-state index in [0.29, 0.717) is 29.0 Å². The summed E-state index contributed by atoms with van der Waals surface area (Å²) in [7, 11) is 0. The molecule has 6 heteroatoms. The van der Waals surface area contributed by atoms with E-state index in [1.165, 1.54) is 0 Å². The highest BCUT2D eigenvalue weighted by atomic mass is 16.7. The lowest BCUT2D eigenvalue weighted by Crippen LogP contribution is -2.13. The van der Waals surface area contributed by atoms with E-state index >= 15 is 0 Å². The molecule has 6 nitrogen and oxygen atoms in total. The standard InChI is InChI=1S/C19H13NO5/c21-19-13(7-11-3-1-2-4-15(11)24-19)14-9-17(25-20-14)12-5-6-16-18(8-12)23-10-22-16/h1-8,17H,9-10H2/t17-/m1/s1. The Morgan fingerprint density at radius 3 is 2.84 bits per heavy atom. The predicted molar refractivity (Wildman–Crippen MR) is 90.0 cm³/mol. The molecule has 25 heavy (non-hydrogen) atoms. The van der Waals surface area contributed by atoms with Gasteiger partial charge in [-0.05, 0) is 29.8 Å². The monoisotopic (exact) mass is 335 g/mol. The lowest BCUT2D eigenvalue weighted by Gasteiger charge is -2.09. The van der Waals surface area contributed by atoms with Crippen LogP contribution < -0.4 is 15.1 Å². The minimum Gasteiger partial charge on any atom is -0.454 e. The van der Waals surface area contributed by atoms with Gasteiger partial charge < -0.3 is 18.7 Å². The SMILES string of the molecule is O=c1oc2ccccc2cc1C1=NO[C@@H](c2ccc3c(c2)OCO3)C1. The van der Waals surface area contributed by atoms with Crippen molar-refractivity contribution in [1.82, 2.24) is 0 Å². The molecule has 2 aromatic carbocycles. The third-order valence-electron chi connectivity index (χ3n) is 4.39. The summed E-state index contributed by atoms with van der Waals surface area (Å²) in [6.45, 7) is 0.226. The maximum absolute atomic E-state index is 12.3. The van der Waals surface area contributed by atoms with Crippen LogP contribution in [0.15, 0.2) is 62.9 Å². The van der Waals surface area contributed by atoms with Gasteiger partial charge in [-0.2, -0.15) is 0 Å². The molecule has 3 aromatic rings. The number of para-hydroxylation sites is 1. The molecule has 0 N–H and O–H groups in total. The van der Waals surface area contributed by atoms with Crippen LogP contribution in [0.5, 0.6) is 11.5 Å². The zero-order valence-electron chi connectivity index (χ0n) is 13.1. The van der Waals surface area contributed by atoms with Crippen LogP contribution in [0, 0.1) is 0 Å². The summed E-state index contributed by atoms with van der Waals surface area (Å²) >= 11 is 0. The molecule has 0 spiro atoms. The molecular weight excluding hydrogens is 322 g/mol. The van der Waals surface area contributed by atoms with E-state index < -0.39 is 5.63 Å².